The van der Waals surface area contributed by atoms with Gasteiger partial charge in [0.25, 0.3) is 0 Å². The van der Waals surface area contributed by atoms with Crippen molar-refractivity contribution in [2.24, 2.45) is 5.92 Å². The lowest BCUT2D eigenvalue weighted by Gasteiger charge is -2.07. The van der Waals surface area contributed by atoms with Crippen molar-refractivity contribution in [3.05, 3.63) is 24.3 Å². The standard InChI is InChI=1S/C15H20O4S/c1-11(2)10-18-14(16)8-9-15(17)19-12-4-6-13(20-3)7-5-12/h4-7,11H,8-10H2,1-3H3. The van der Waals surface area contributed by atoms with Gasteiger partial charge in [-0.15, -0.1) is 11.8 Å². The van der Waals surface area contributed by atoms with Gasteiger partial charge in [-0.3, -0.25) is 9.59 Å². The van der Waals surface area contributed by atoms with Crippen molar-refractivity contribution in [2.45, 2.75) is 31.6 Å². The fourth-order valence-electron chi connectivity index (χ4n) is 1.36. The van der Waals surface area contributed by atoms with Crippen LogP contribution in [0.2, 0.25) is 0 Å². The van der Waals surface area contributed by atoms with Gasteiger partial charge in [-0.25, -0.2) is 0 Å². The minimum Gasteiger partial charge on any atom is -0.465 e. The van der Waals surface area contributed by atoms with Crippen LogP contribution in [0.4, 0.5) is 0 Å². The van der Waals surface area contributed by atoms with Crippen LogP contribution in [-0.4, -0.2) is 24.8 Å². The molecule has 0 atom stereocenters. The highest BCUT2D eigenvalue weighted by Crippen LogP contribution is 2.19. The van der Waals surface area contributed by atoms with E-state index in [4.69, 9.17) is 9.47 Å². The second-order valence-corrected chi connectivity index (χ2v) is 5.61. The first-order valence-electron chi connectivity index (χ1n) is 6.51. The highest BCUT2D eigenvalue weighted by molar-refractivity contribution is 7.98. The molecule has 0 saturated carbocycles. The zero-order valence-corrected chi connectivity index (χ0v) is 12.9. The molecule has 110 valence electrons. The van der Waals surface area contributed by atoms with Crippen molar-refractivity contribution in [1.82, 2.24) is 0 Å². The number of rotatable bonds is 7. The van der Waals surface area contributed by atoms with Gasteiger partial charge in [0.1, 0.15) is 5.75 Å². The van der Waals surface area contributed by atoms with Crippen LogP contribution in [0.3, 0.4) is 0 Å². The Bertz CT molecular complexity index is 440. The summed E-state index contributed by atoms with van der Waals surface area (Å²) in [4.78, 5) is 24.0. The molecular weight excluding hydrogens is 276 g/mol. The van der Waals surface area contributed by atoms with Gasteiger partial charge in [-0.2, -0.15) is 0 Å². The molecule has 4 nitrogen and oxygen atoms in total. The van der Waals surface area contributed by atoms with E-state index in [0.29, 0.717) is 18.3 Å². The van der Waals surface area contributed by atoms with Crippen molar-refractivity contribution >= 4 is 23.7 Å². The Kier molecular flexibility index (Phi) is 7.15. The maximum absolute atomic E-state index is 11.6. The lowest BCUT2D eigenvalue weighted by Crippen LogP contribution is -2.14. The van der Waals surface area contributed by atoms with Crippen LogP contribution < -0.4 is 4.74 Å². The first-order chi connectivity index (χ1) is 9.51. The average Bonchev–Trinajstić information content (AvgIpc) is 2.43. The predicted octanol–water partition coefficient (Wildman–Crippen LogP) is 3.29. The van der Waals surface area contributed by atoms with Gasteiger partial charge in [0.15, 0.2) is 0 Å². The zero-order chi connectivity index (χ0) is 15.0. The van der Waals surface area contributed by atoms with Crippen molar-refractivity contribution < 1.29 is 19.1 Å². The quantitative estimate of drug-likeness (QED) is 0.439. The third kappa shape index (κ3) is 6.61. The molecule has 0 aliphatic heterocycles. The van der Waals surface area contributed by atoms with E-state index in [1.54, 1.807) is 23.9 Å². The van der Waals surface area contributed by atoms with Crippen LogP contribution >= 0.6 is 11.8 Å². The number of benzene rings is 1. The Hall–Kier alpha value is -1.49. The molecule has 0 amide bonds. The summed E-state index contributed by atoms with van der Waals surface area (Å²) in [6.07, 6.45) is 2.06. The minimum absolute atomic E-state index is 0.0290. The van der Waals surface area contributed by atoms with Crippen LogP contribution in [0.15, 0.2) is 29.2 Å². The fraction of sp³-hybridized carbons (Fsp3) is 0.467. The third-order valence-corrected chi connectivity index (χ3v) is 3.15. The largest absolute Gasteiger partial charge is 0.465 e. The molecule has 0 aliphatic rings. The SMILES string of the molecule is CSc1ccc(OC(=O)CCC(=O)OCC(C)C)cc1. The Morgan fingerprint density at radius 3 is 2.25 bits per heavy atom. The Labute approximate surface area is 123 Å². The van der Waals surface area contributed by atoms with Crippen LogP contribution in [0, 0.1) is 5.92 Å². The van der Waals surface area contributed by atoms with E-state index in [1.807, 2.05) is 32.2 Å². The van der Waals surface area contributed by atoms with E-state index in [0.717, 1.165) is 4.90 Å². The number of hydrogen-bond donors (Lipinski definition) is 0. The van der Waals surface area contributed by atoms with Gasteiger partial charge in [0.05, 0.1) is 19.4 Å². The molecule has 0 saturated heterocycles. The third-order valence-electron chi connectivity index (χ3n) is 2.40. The van der Waals surface area contributed by atoms with Crippen LogP contribution in [0.1, 0.15) is 26.7 Å². The summed E-state index contributed by atoms with van der Waals surface area (Å²) in [6, 6.07) is 7.23. The van der Waals surface area contributed by atoms with Crippen LogP contribution in [0.5, 0.6) is 5.75 Å². The molecule has 0 bridgehead atoms. The van der Waals surface area contributed by atoms with E-state index in [2.05, 4.69) is 0 Å². The number of carbonyl (C=O) groups is 2. The molecule has 1 aromatic carbocycles. The van der Waals surface area contributed by atoms with Gasteiger partial charge in [-0.05, 0) is 36.4 Å². The maximum atomic E-state index is 11.6. The second kappa shape index (κ2) is 8.64. The summed E-state index contributed by atoms with van der Waals surface area (Å²) < 4.78 is 10.1. The molecule has 0 spiro atoms. The number of esters is 2. The minimum atomic E-state index is -0.427. The second-order valence-electron chi connectivity index (χ2n) is 4.73. The van der Waals surface area contributed by atoms with E-state index >= 15 is 0 Å². The van der Waals surface area contributed by atoms with Gasteiger partial charge < -0.3 is 9.47 Å². The maximum Gasteiger partial charge on any atom is 0.311 e. The zero-order valence-electron chi connectivity index (χ0n) is 12.0. The summed E-state index contributed by atoms with van der Waals surface area (Å²) in [5.41, 5.74) is 0. The van der Waals surface area contributed by atoms with E-state index in [9.17, 15) is 9.59 Å². The van der Waals surface area contributed by atoms with Gasteiger partial charge in [0.2, 0.25) is 0 Å². The number of ether oxygens (including phenoxy) is 2. The number of hydrogen-bond acceptors (Lipinski definition) is 5. The van der Waals surface area contributed by atoms with Crippen molar-refractivity contribution in [3.63, 3.8) is 0 Å². The van der Waals surface area contributed by atoms with Crippen molar-refractivity contribution in [1.29, 1.82) is 0 Å². The van der Waals surface area contributed by atoms with Crippen molar-refractivity contribution in [3.8, 4) is 5.75 Å². The molecule has 1 aromatic rings. The lowest BCUT2D eigenvalue weighted by molar-refractivity contribution is -0.147. The van der Waals surface area contributed by atoms with E-state index in [1.165, 1.54) is 0 Å². The molecule has 0 aromatic heterocycles. The first-order valence-corrected chi connectivity index (χ1v) is 7.74. The van der Waals surface area contributed by atoms with Crippen molar-refractivity contribution in [2.75, 3.05) is 12.9 Å². The summed E-state index contributed by atoms with van der Waals surface area (Å²) >= 11 is 1.62. The molecule has 0 radical (unpaired) electrons. The fourth-order valence-corrected chi connectivity index (χ4v) is 1.77. The van der Waals surface area contributed by atoms with Crippen LogP contribution in [-0.2, 0) is 14.3 Å². The summed E-state index contributed by atoms with van der Waals surface area (Å²) in [5, 5.41) is 0. The number of carbonyl (C=O) groups excluding carboxylic acids is 2. The smallest absolute Gasteiger partial charge is 0.311 e. The monoisotopic (exact) mass is 296 g/mol. The molecular formula is C15H20O4S. The van der Waals surface area contributed by atoms with Gasteiger partial charge >= 0.3 is 11.9 Å². The normalized spacial score (nSPS) is 10.4. The molecule has 0 N–H and O–H groups in total. The molecule has 20 heavy (non-hydrogen) atoms. The molecule has 1 rings (SSSR count). The van der Waals surface area contributed by atoms with Crippen LogP contribution in [0.25, 0.3) is 0 Å². The predicted molar refractivity (Wildman–Crippen MR) is 78.9 cm³/mol. The topological polar surface area (TPSA) is 52.6 Å². The molecule has 0 heterocycles. The van der Waals surface area contributed by atoms with E-state index < -0.39 is 5.97 Å². The van der Waals surface area contributed by atoms with Gasteiger partial charge in [0, 0.05) is 4.90 Å². The Morgan fingerprint density at radius 2 is 1.70 bits per heavy atom. The summed E-state index contributed by atoms with van der Waals surface area (Å²) in [7, 11) is 0. The molecule has 0 fully saturated rings. The molecule has 5 heteroatoms. The Morgan fingerprint density at radius 1 is 1.10 bits per heavy atom. The average molecular weight is 296 g/mol. The number of thioether (sulfide) groups is 1. The highest BCUT2D eigenvalue weighted by Gasteiger charge is 2.10. The first kappa shape index (κ1) is 16.6. The highest BCUT2D eigenvalue weighted by atomic mass is 32.2. The summed E-state index contributed by atoms with van der Waals surface area (Å²) in [5.74, 6) is -0.0130. The Balaban J connectivity index is 2.30. The summed E-state index contributed by atoms with van der Waals surface area (Å²) in [6.45, 7) is 4.30. The molecule has 0 unspecified atom stereocenters. The lowest BCUT2D eigenvalue weighted by atomic mass is 10.2. The molecule has 0 aliphatic carbocycles. The van der Waals surface area contributed by atoms with Gasteiger partial charge in [-0.1, -0.05) is 13.8 Å². The van der Waals surface area contributed by atoms with E-state index in [-0.39, 0.29) is 18.8 Å².